The van der Waals surface area contributed by atoms with Crippen LogP contribution in [0, 0.1) is 0 Å². The van der Waals surface area contributed by atoms with Crippen molar-refractivity contribution in [2.45, 2.75) is 31.3 Å². The summed E-state index contributed by atoms with van der Waals surface area (Å²) < 4.78 is 4.74. The molecule has 0 spiro atoms. The van der Waals surface area contributed by atoms with Crippen LogP contribution in [-0.4, -0.2) is 43.2 Å². The van der Waals surface area contributed by atoms with E-state index in [1.807, 2.05) is 0 Å². The predicted molar refractivity (Wildman–Crippen MR) is 78.8 cm³/mol. The number of carbonyl (C=O) groups is 1. The largest absolute Gasteiger partial charge is 0.465 e. The highest BCUT2D eigenvalue weighted by molar-refractivity contribution is 5.92. The van der Waals surface area contributed by atoms with Gasteiger partial charge in [0, 0.05) is 25.2 Å². The van der Waals surface area contributed by atoms with Gasteiger partial charge in [0.2, 0.25) is 0 Å². The summed E-state index contributed by atoms with van der Waals surface area (Å²) in [5.41, 5.74) is 8.01. The Bertz CT molecular complexity index is 514. The highest BCUT2D eigenvalue weighted by Crippen LogP contribution is 2.31. The molecule has 0 amide bonds. The lowest BCUT2D eigenvalue weighted by Gasteiger charge is -2.18. The van der Waals surface area contributed by atoms with Gasteiger partial charge in [-0.1, -0.05) is 0 Å². The van der Waals surface area contributed by atoms with E-state index in [2.05, 4.69) is 10.2 Å². The molecule has 1 aliphatic carbocycles. The van der Waals surface area contributed by atoms with Crippen LogP contribution in [0.1, 0.15) is 29.6 Å². The maximum Gasteiger partial charge on any atom is 0.337 e. The standard InChI is InChI=1S/C15H21N3O2/c1-20-15(19)10-2-5-13(16)14(8-10)17-11-6-7-18(9-11)12-3-4-12/h2,5,8,11-12,17H,3-4,6-7,9,16H2,1H3. The maximum absolute atomic E-state index is 11.6. The monoisotopic (exact) mass is 275 g/mol. The Kier molecular flexibility index (Phi) is 3.53. The van der Waals surface area contributed by atoms with E-state index in [4.69, 9.17) is 10.5 Å². The van der Waals surface area contributed by atoms with Crippen molar-refractivity contribution in [1.29, 1.82) is 0 Å². The summed E-state index contributed by atoms with van der Waals surface area (Å²) in [6, 6.07) is 6.44. The highest BCUT2D eigenvalue weighted by Gasteiger charge is 2.34. The Balaban J connectivity index is 1.68. The number of hydrogen-bond acceptors (Lipinski definition) is 5. The van der Waals surface area contributed by atoms with Gasteiger partial charge in [0.05, 0.1) is 24.0 Å². The fourth-order valence-electron chi connectivity index (χ4n) is 2.82. The summed E-state index contributed by atoms with van der Waals surface area (Å²) in [5, 5.41) is 3.47. The average molecular weight is 275 g/mol. The minimum Gasteiger partial charge on any atom is -0.465 e. The van der Waals surface area contributed by atoms with Crippen LogP contribution in [0.3, 0.4) is 0 Å². The molecule has 108 valence electrons. The van der Waals surface area contributed by atoms with Crippen LogP contribution in [0.5, 0.6) is 0 Å². The van der Waals surface area contributed by atoms with Crippen molar-refractivity contribution >= 4 is 17.3 Å². The summed E-state index contributed by atoms with van der Waals surface area (Å²) in [6.07, 6.45) is 3.80. The van der Waals surface area contributed by atoms with Crippen molar-refractivity contribution in [3.8, 4) is 0 Å². The fraction of sp³-hybridized carbons (Fsp3) is 0.533. The molecule has 3 rings (SSSR count). The third kappa shape index (κ3) is 2.72. The van der Waals surface area contributed by atoms with E-state index in [-0.39, 0.29) is 5.97 Å². The summed E-state index contributed by atoms with van der Waals surface area (Å²) in [5.74, 6) is -0.334. The second-order valence-corrected chi connectivity index (χ2v) is 5.65. The lowest BCUT2D eigenvalue weighted by Crippen LogP contribution is -2.28. The Morgan fingerprint density at radius 2 is 2.20 bits per heavy atom. The van der Waals surface area contributed by atoms with Crippen molar-refractivity contribution in [1.82, 2.24) is 4.90 Å². The van der Waals surface area contributed by atoms with E-state index < -0.39 is 0 Å². The molecule has 5 heteroatoms. The molecular formula is C15H21N3O2. The molecule has 0 radical (unpaired) electrons. The van der Waals surface area contributed by atoms with Crippen LogP contribution >= 0.6 is 0 Å². The van der Waals surface area contributed by atoms with E-state index in [0.717, 1.165) is 31.2 Å². The lowest BCUT2D eigenvalue weighted by molar-refractivity contribution is 0.0601. The van der Waals surface area contributed by atoms with Gasteiger partial charge in [-0.15, -0.1) is 0 Å². The zero-order valence-electron chi connectivity index (χ0n) is 11.8. The number of nitrogens with one attached hydrogen (secondary N) is 1. The van der Waals surface area contributed by atoms with Crippen molar-refractivity contribution < 1.29 is 9.53 Å². The zero-order chi connectivity index (χ0) is 14.1. The molecule has 0 aromatic heterocycles. The van der Waals surface area contributed by atoms with Crippen LogP contribution in [0.25, 0.3) is 0 Å². The summed E-state index contributed by atoms with van der Waals surface area (Å²) in [4.78, 5) is 14.1. The normalized spacial score (nSPS) is 22.8. The number of likely N-dealkylation sites (tertiary alicyclic amines) is 1. The predicted octanol–water partition coefficient (Wildman–Crippen LogP) is 1.70. The quantitative estimate of drug-likeness (QED) is 0.646. The summed E-state index contributed by atoms with van der Waals surface area (Å²) in [7, 11) is 1.39. The number of nitrogens with two attached hydrogens (primary N) is 1. The fourth-order valence-corrected chi connectivity index (χ4v) is 2.82. The first-order valence-electron chi connectivity index (χ1n) is 7.16. The highest BCUT2D eigenvalue weighted by atomic mass is 16.5. The minimum atomic E-state index is -0.334. The molecule has 2 aliphatic rings. The van der Waals surface area contributed by atoms with Crippen LogP contribution in [0.15, 0.2) is 18.2 Å². The number of nitrogens with zero attached hydrogens (tertiary/aromatic N) is 1. The molecule has 2 fully saturated rings. The van der Waals surface area contributed by atoms with E-state index in [1.165, 1.54) is 20.0 Å². The van der Waals surface area contributed by atoms with Gasteiger partial charge in [-0.2, -0.15) is 0 Å². The number of nitrogen functional groups attached to an aromatic ring is 1. The molecule has 1 saturated carbocycles. The van der Waals surface area contributed by atoms with Gasteiger partial charge in [0.15, 0.2) is 0 Å². The van der Waals surface area contributed by atoms with Crippen molar-refractivity contribution in [3.05, 3.63) is 23.8 Å². The van der Waals surface area contributed by atoms with Crippen molar-refractivity contribution in [3.63, 3.8) is 0 Å². The van der Waals surface area contributed by atoms with Gasteiger partial charge in [0.1, 0.15) is 0 Å². The van der Waals surface area contributed by atoms with Crippen molar-refractivity contribution in [2.24, 2.45) is 0 Å². The Morgan fingerprint density at radius 3 is 2.90 bits per heavy atom. The smallest absolute Gasteiger partial charge is 0.337 e. The van der Waals surface area contributed by atoms with E-state index >= 15 is 0 Å². The SMILES string of the molecule is COC(=O)c1ccc(N)c(NC2CCN(C3CC3)C2)c1. The van der Waals surface area contributed by atoms with Gasteiger partial charge in [-0.05, 0) is 37.5 Å². The Morgan fingerprint density at radius 1 is 1.40 bits per heavy atom. The van der Waals surface area contributed by atoms with Crippen LogP contribution in [0.2, 0.25) is 0 Å². The molecule has 1 aromatic rings. The molecular weight excluding hydrogens is 254 g/mol. The molecule has 3 N–H and O–H groups in total. The van der Waals surface area contributed by atoms with E-state index in [9.17, 15) is 4.79 Å². The third-order valence-corrected chi connectivity index (χ3v) is 4.12. The molecule has 1 unspecified atom stereocenters. The first-order valence-corrected chi connectivity index (χ1v) is 7.16. The number of methoxy groups -OCH3 is 1. The van der Waals surface area contributed by atoms with Gasteiger partial charge < -0.3 is 15.8 Å². The molecule has 5 nitrogen and oxygen atoms in total. The number of esters is 1. The average Bonchev–Trinajstić information content (AvgIpc) is 3.21. The second kappa shape index (κ2) is 5.32. The van der Waals surface area contributed by atoms with Crippen LogP contribution < -0.4 is 11.1 Å². The summed E-state index contributed by atoms with van der Waals surface area (Å²) in [6.45, 7) is 2.21. The number of ether oxygens (including phenoxy) is 1. The molecule has 1 aliphatic heterocycles. The topological polar surface area (TPSA) is 67.6 Å². The number of rotatable bonds is 4. The van der Waals surface area contributed by atoms with Crippen LogP contribution in [0.4, 0.5) is 11.4 Å². The molecule has 1 heterocycles. The number of hydrogen-bond donors (Lipinski definition) is 2. The summed E-state index contributed by atoms with van der Waals surface area (Å²) >= 11 is 0. The number of benzene rings is 1. The molecule has 20 heavy (non-hydrogen) atoms. The maximum atomic E-state index is 11.6. The first kappa shape index (κ1) is 13.2. The Hall–Kier alpha value is -1.75. The Labute approximate surface area is 119 Å². The zero-order valence-corrected chi connectivity index (χ0v) is 11.8. The minimum absolute atomic E-state index is 0.334. The second-order valence-electron chi connectivity index (χ2n) is 5.65. The van der Waals surface area contributed by atoms with Gasteiger partial charge in [-0.25, -0.2) is 4.79 Å². The number of anilines is 2. The molecule has 1 saturated heterocycles. The molecule has 1 aromatic carbocycles. The number of carbonyl (C=O) groups excluding carboxylic acids is 1. The van der Waals surface area contributed by atoms with Crippen molar-refractivity contribution in [2.75, 3.05) is 31.2 Å². The van der Waals surface area contributed by atoms with Crippen LogP contribution in [-0.2, 0) is 4.74 Å². The molecule has 1 atom stereocenters. The van der Waals surface area contributed by atoms with E-state index in [1.54, 1.807) is 18.2 Å². The third-order valence-electron chi connectivity index (χ3n) is 4.12. The first-order chi connectivity index (χ1) is 9.67. The van der Waals surface area contributed by atoms with Gasteiger partial charge in [-0.3, -0.25) is 4.90 Å². The van der Waals surface area contributed by atoms with Gasteiger partial charge >= 0.3 is 5.97 Å². The molecule has 0 bridgehead atoms. The lowest BCUT2D eigenvalue weighted by atomic mass is 10.1. The van der Waals surface area contributed by atoms with E-state index in [0.29, 0.717) is 17.3 Å². The van der Waals surface area contributed by atoms with Gasteiger partial charge in [0.25, 0.3) is 0 Å².